The number of alkyl halides is 9. The van der Waals surface area contributed by atoms with Crippen molar-refractivity contribution in [3.8, 4) is 0 Å². The third-order valence-electron chi connectivity index (χ3n) is 5.68. The maximum absolute atomic E-state index is 14.4. The van der Waals surface area contributed by atoms with Gasteiger partial charge >= 0.3 is 42.0 Å². The summed E-state index contributed by atoms with van der Waals surface area (Å²) in [5.74, 6) is -8.29. The van der Waals surface area contributed by atoms with Crippen molar-refractivity contribution in [2.45, 2.75) is 54.0 Å². The van der Waals surface area contributed by atoms with Crippen molar-refractivity contribution in [2.75, 3.05) is 13.1 Å². The number of nitrogens with zero attached hydrogens (tertiary/aromatic N) is 2. The first kappa shape index (κ1) is 29.3. The summed E-state index contributed by atoms with van der Waals surface area (Å²) in [6.45, 7) is -1.60. The summed E-state index contributed by atoms with van der Waals surface area (Å²) in [5, 5.41) is -5.80. The number of halogens is 9. The Hall–Kier alpha value is -0.900. The largest absolute Gasteiger partial charge is 0.514 e. The number of hydrogen-bond donors (Lipinski definition) is 1. The van der Waals surface area contributed by atoms with Crippen LogP contribution >= 0.6 is 0 Å². The second-order valence-corrected chi connectivity index (χ2v) is 13.5. The molecule has 1 saturated heterocycles. The van der Waals surface area contributed by atoms with Crippen molar-refractivity contribution < 1.29 is 70.0 Å². The average molecular weight is 580 g/mol. The van der Waals surface area contributed by atoms with E-state index >= 15 is 0 Å². The molecule has 1 N–H and O–H groups in total. The molecule has 0 aromatic carbocycles. The van der Waals surface area contributed by atoms with Crippen LogP contribution in [0, 0.1) is 11.8 Å². The van der Waals surface area contributed by atoms with Gasteiger partial charge in [-0.25, -0.2) is 16.8 Å². The van der Waals surface area contributed by atoms with Gasteiger partial charge in [0.25, 0.3) is 10.0 Å². The lowest BCUT2D eigenvalue weighted by Crippen LogP contribution is -2.66. The Morgan fingerprint density at radius 2 is 1.18 bits per heavy atom. The molecule has 2 fully saturated rings. The number of fused-ring (bicyclic) bond motifs is 1. The van der Waals surface area contributed by atoms with Gasteiger partial charge in [0.05, 0.1) is 0 Å². The third-order valence-corrected chi connectivity index (χ3v) is 11.1. The number of rotatable bonds is 7. The van der Waals surface area contributed by atoms with E-state index in [2.05, 4.69) is 0 Å². The molecule has 2 aliphatic rings. The minimum atomic E-state index is -8.20. The lowest BCUT2D eigenvalue weighted by atomic mass is 9.76. The second-order valence-electron chi connectivity index (χ2n) is 7.70. The molecule has 1 aliphatic heterocycles. The van der Waals surface area contributed by atoms with Gasteiger partial charge in [0.15, 0.2) is 0 Å². The Morgan fingerprint density at radius 1 is 0.706 bits per heavy atom. The van der Waals surface area contributed by atoms with Crippen LogP contribution in [-0.2, 0) is 30.1 Å². The van der Waals surface area contributed by atoms with E-state index in [4.69, 9.17) is 5.21 Å². The molecule has 34 heavy (non-hydrogen) atoms. The predicted octanol–water partition coefficient (Wildman–Crippen LogP) is 2.52. The number of hydrogen-bond acceptors (Lipinski definition) is 7. The summed E-state index contributed by atoms with van der Waals surface area (Å²) < 4.78 is 188. The van der Waals surface area contributed by atoms with Crippen LogP contribution in [0.25, 0.3) is 0 Å². The molecule has 0 aromatic rings. The zero-order valence-electron chi connectivity index (χ0n) is 16.5. The van der Waals surface area contributed by atoms with E-state index < -0.39 is 74.9 Å². The van der Waals surface area contributed by atoms with Crippen molar-refractivity contribution in [1.82, 2.24) is 8.18 Å². The molecule has 0 bridgehead atoms. The van der Waals surface area contributed by atoms with Crippen molar-refractivity contribution in [2.24, 2.45) is 11.8 Å². The van der Waals surface area contributed by atoms with Gasteiger partial charge < -0.3 is 0 Å². The van der Waals surface area contributed by atoms with E-state index in [0.29, 0.717) is 19.3 Å². The summed E-state index contributed by atoms with van der Waals surface area (Å²) in [7, 11) is -22.7. The molecular weight excluding hydrogens is 563 g/mol. The maximum Gasteiger partial charge on any atom is 0.514 e. The smallest absolute Gasteiger partial charge is 0.285 e. The first-order chi connectivity index (χ1) is 15.0. The van der Waals surface area contributed by atoms with Crippen molar-refractivity contribution in [1.29, 1.82) is 0 Å². The second kappa shape index (κ2) is 8.60. The standard InChI is InChI=1S/C13H17F9N2O7S3/c14-10(15,12(18,19)33(28,29)24(25)34(30,31)13(20,21)22)11(16,17)32(26,27)23-6-5-8-3-1-2-4-9(8)7-23/h8-9,25H,1-7H2. The Labute approximate surface area is 187 Å². The molecule has 0 aromatic heterocycles. The average Bonchev–Trinajstić information content (AvgIpc) is 2.71. The van der Waals surface area contributed by atoms with Crippen LogP contribution in [0.15, 0.2) is 0 Å². The summed E-state index contributed by atoms with van der Waals surface area (Å²) in [6.07, 6.45) is 2.04. The van der Waals surface area contributed by atoms with Crippen LogP contribution in [0.5, 0.6) is 0 Å². The van der Waals surface area contributed by atoms with Gasteiger partial charge in [0.1, 0.15) is 0 Å². The van der Waals surface area contributed by atoms with E-state index in [1.54, 1.807) is 0 Å². The highest BCUT2D eigenvalue weighted by Gasteiger charge is 2.84. The predicted molar refractivity (Wildman–Crippen MR) is 92.9 cm³/mol. The van der Waals surface area contributed by atoms with Crippen LogP contribution in [0.1, 0.15) is 32.1 Å². The summed E-state index contributed by atoms with van der Waals surface area (Å²) in [6, 6.07) is 0. The van der Waals surface area contributed by atoms with E-state index in [-0.39, 0.29) is 16.6 Å². The van der Waals surface area contributed by atoms with E-state index in [1.807, 2.05) is 0 Å². The summed E-state index contributed by atoms with van der Waals surface area (Å²) in [5.41, 5.74) is -6.85. The van der Waals surface area contributed by atoms with Crippen LogP contribution in [0.4, 0.5) is 39.5 Å². The third kappa shape index (κ3) is 4.18. The normalized spacial score (nSPS) is 24.8. The van der Waals surface area contributed by atoms with Gasteiger partial charge in [0, 0.05) is 17.0 Å². The fraction of sp³-hybridized carbons (Fsp3) is 1.00. The quantitative estimate of drug-likeness (QED) is 0.362. The molecule has 0 amide bonds. The molecule has 0 spiro atoms. The Balaban J connectivity index is 2.49. The Kier molecular flexibility index (Phi) is 7.42. The molecule has 0 radical (unpaired) electrons. The van der Waals surface area contributed by atoms with Crippen LogP contribution < -0.4 is 0 Å². The fourth-order valence-corrected chi connectivity index (χ4v) is 7.72. The molecule has 202 valence electrons. The molecular formula is C13H17F9N2O7S3. The van der Waals surface area contributed by atoms with Gasteiger partial charge in [-0.2, -0.15) is 52.2 Å². The van der Waals surface area contributed by atoms with E-state index in [9.17, 15) is 64.8 Å². The van der Waals surface area contributed by atoms with E-state index in [1.165, 1.54) is 0 Å². The first-order valence-electron chi connectivity index (χ1n) is 9.16. The lowest BCUT2D eigenvalue weighted by molar-refractivity contribution is -0.247. The minimum Gasteiger partial charge on any atom is -0.285 e. The van der Waals surface area contributed by atoms with Crippen LogP contribution in [0.3, 0.4) is 0 Å². The molecule has 2 atom stereocenters. The molecule has 9 nitrogen and oxygen atoms in total. The zero-order valence-corrected chi connectivity index (χ0v) is 19.0. The fourth-order valence-electron chi connectivity index (χ4n) is 3.76. The van der Waals surface area contributed by atoms with Gasteiger partial charge in [-0.1, -0.05) is 19.3 Å². The van der Waals surface area contributed by atoms with Crippen molar-refractivity contribution in [3.63, 3.8) is 0 Å². The van der Waals surface area contributed by atoms with Gasteiger partial charge in [0.2, 0.25) is 0 Å². The minimum absolute atomic E-state index is 0.103. The van der Waals surface area contributed by atoms with Gasteiger partial charge in [-0.15, -0.1) is 0 Å². The molecule has 1 heterocycles. The lowest BCUT2D eigenvalue weighted by Gasteiger charge is -2.42. The molecule has 1 aliphatic carbocycles. The summed E-state index contributed by atoms with van der Waals surface area (Å²) >= 11 is 0. The molecule has 2 rings (SSSR count). The van der Waals surface area contributed by atoms with Crippen LogP contribution in [-0.4, -0.2) is 73.7 Å². The number of piperidine rings is 1. The Morgan fingerprint density at radius 3 is 1.65 bits per heavy atom. The monoisotopic (exact) mass is 580 g/mol. The first-order valence-corrected chi connectivity index (χ1v) is 13.5. The maximum atomic E-state index is 14.4. The zero-order chi connectivity index (χ0) is 26.8. The van der Waals surface area contributed by atoms with Gasteiger partial charge in [-0.05, 0) is 24.7 Å². The highest BCUT2D eigenvalue weighted by atomic mass is 32.3. The van der Waals surface area contributed by atoms with Crippen LogP contribution in [0.2, 0.25) is 0 Å². The van der Waals surface area contributed by atoms with Crippen molar-refractivity contribution in [3.05, 3.63) is 0 Å². The molecule has 1 saturated carbocycles. The SMILES string of the molecule is O=S(=O)(N(O)S(=O)(=O)C(F)(F)C(F)(F)C(F)(F)S(=O)(=O)N1CCC2CCCCC2C1)C(F)(F)F. The Bertz CT molecular complexity index is 1110. The van der Waals surface area contributed by atoms with Gasteiger partial charge in [-0.3, -0.25) is 5.21 Å². The molecule has 2 unspecified atom stereocenters. The number of sulfonamides is 3. The highest BCUT2D eigenvalue weighted by molar-refractivity contribution is 8.04. The topological polar surface area (TPSA) is 129 Å². The molecule has 21 heteroatoms. The summed E-state index contributed by atoms with van der Waals surface area (Å²) in [4.78, 5) is 0. The highest BCUT2D eigenvalue weighted by Crippen LogP contribution is 2.53. The van der Waals surface area contributed by atoms with E-state index in [0.717, 1.165) is 6.42 Å². The van der Waals surface area contributed by atoms with Crippen molar-refractivity contribution >= 4 is 30.1 Å².